The van der Waals surface area contributed by atoms with Crippen LogP contribution in [0, 0.1) is 0 Å². The van der Waals surface area contributed by atoms with Crippen LogP contribution in [0.15, 0.2) is 30.3 Å². The van der Waals surface area contributed by atoms with Crippen molar-refractivity contribution in [3.8, 4) is 0 Å². The predicted octanol–water partition coefficient (Wildman–Crippen LogP) is 4.68. The van der Waals surface area contributed by atoms with Crippen molar-refractivity contribution in [2.75, 3.05) is 14.1 Å². The third-order valence-corrected chi connectivity index (χ3v) is 3.14. The molecule has 0 saturated heterocycles. The molecule has 1 unspecified atom stereocenters. The van der Waals surface area contributed by atoms with Crippen molar-refractivity contribution in [2.24, 2.45) is 0 Å². The molecule has 98 valence electrons. The summed E-state index contributed by atoms with van der Waals surface area (Å²) in [5.41, 5.74) is 1.45. The summed E-state index contributed by atoms with van der Waals surface area (Å²) in [6.45, 7) is 2.26. The maximum atomic E-state index is 2.33. The normalized spacial score (nSPS) is 12.2. The van der Waals surface area contributed by atoms with Crippen molar-refractivity contribution >= 4 is 12.4 Å². The van der Waals surface area contributed by atoms with Gasteiger partial charge in [0.1, 0.15) is 0 Å². The number of hydrogen-bond acceptors (Lipinski definition) is 1. The molecule has 1 atom stereocenters. The first kappa shape index (κ1) is 16.5. The summed E-state index contributed by atoms with van der Waals surface area (Å²) in [5.74, 6) is 0. The van der Waals surface area contributed by atoms with Gasteiger partial charge in [-0.1, -0.05) is 62.9 Å². The van der Waals surface area contributed by atoms with E-state index in [2.05, 4.69) is 56.3 Å². The van der Waals surface area contributed by atoms with Crippen LogP contribution in [0.2, 0.25) is 0 Å². The molecule has 0 heterocycles. The Morgan fingerprint density at radius 3 is 2.18 bits per heavy atom. The molecule has 0 aliphatic carbocycles. The molecule has 1 rings (SSSR count). The summed E-state index contributed by atoms with van der Waals surface area (Å²) in [7, 11) is 4.36. The van der Waals surface area contributed by atoms with Gasteiger partial charge in [-0.05, 0) is 26.1 Å². The Labute approximate surface area is 113 Å². The van der Waals surface area contributed by atoms with Gasteiger partial charge < -0.3 is 4.90 Å². The highest BCUT2D eigenvalue weighted by atomic mass is 35.5. The maximum Gasteiger partial charge on any atom is 0.0342 e. The van der Waals surface area contributed by atoms with Gasteiger partial charge in [-0.15, -0.1) is 12.4 Å². The Hall–Kier alpha value is -0.530. The Bertz CT molecular complexity index is 272. The van der Waals surface area contributed by atoms with Crippen molar-refractivity contribution in [3.63, 3.8) is 0 Å². The Morgan fingerprint density at radius 1 is 1.00 bits per heavy atom. The van der Waals surface area contributed by atoms with E-state index in [1.54, 1.807) is 0 Å². The zero-order valence-electron chi connectivity index (χ0n) is 11.4. The molecular weight excluding hydrogens is 230 g/mol. The van der Waals surface area contributed by atoms with Crippen LogP contribution in [0.4, 0.5) is 0 Å². The van der Waals surface area contributed by atoms with E-state index >= 15 is 0 Å². The predicted molar refractivity (Wildman–Crippen MR) is 78.9 cm³/mol. The number of hydrogen-bond donors (Lipinski definition) is 0. The largest absolute Gasteiger partial charge is 0.302 e. The van der Waals surface area contributed by atoms with E-state index in [0.717, 1.165) is 0 Å². The molecule has 1 aromatic carbocycles. The molecule has 1 aromatic rings. The molecule has 0 spiro atoms. The smallest absolute Gasteiger partial charge is 0.0342 e. The van der Waals surface area contributed by atoms with Gasteiger partial charge in [-0.3, -0.25) is 0 Å². The summed E-state index contributed by atoms with van der Waals surface area (Å²) in [6.07, 6.45) is 6.67. The Balaban J connectivity index is 0.00000256. The van der Waals surface area contributed by atoms with Gasteiger partial charge in [0.2, 0.25) is 0 Å². The molecule has 1 nitrogen and oxygen atoms in total. The number of benzene rings is 1. The van der Waals surface area contributed by atoms with Gasteiger partial charge in [0.05, 0.1) is 0 Å². The Morgan fingerprint density at radius 2 is 1.65 bits per heavy atom. The molecule has 2 heteroatoms. The van der Waals surface area contributed by atoms with Gasteiger partial charge in [0.15, 0.2) is 0 Å². The van der Waals surface area contributed by atoms with Crippen molar-refractivity contribution in [1.29, 1.82) is 0 Å². The molecule has 0 fully saturated rings. The second-order valence-electron chi connectivity index (χ2n) is 4.74. The quantitative estimate of drug-likeness (QED) is 0.640. The van der Waals surface area contributed by atoms with Crippen LogP contribution < -0.4 is 0 Å². The lowest BCUT2D eigenvalue weighted by molar-refractivity contribution is 0.277. The lowest BCUT2D eigenvalue weighted by atomic mass is 9.99. The van der Waals surface area contributed by atoms with Crippen LogP contribution in [0.25, 0.3) is 0 Å². The maximum absolute atomic E-state index is 2.33. The van der Waals surface area contributed by atoms with Crippen LogP contribution in [-0.2, 0) is 0 Å². The van der Waals surface area contributed by atoms with Gasteiger partial charge in [0.25, 0.3) is 0 Å². The van der Waals surface area contributed by atoms with E-state index in [4.69, 9.17) is 0 Å². The van der Waals surface area contributed by atoms with Crippen molar-refractivity contribution in [1.82, 2.24) is 4.90 Å². The first-order valence-corrected chi connectivity index (χ1v) is 6.47. The van der Waals surface area contributed by atoms with Gasteiger partial charge in [-0.25, -0.2) is 0 Å². The molecule has 17 heavy (non-hydrogen) atoms. The molecular formula is C15H26ClN. The average Bonchev–Trinajstić information content (AvgIpc) is 2.30. The summed E-state index contributed by atoms with van der Waals surface area (Å²) in [4.78, 5) is 2.33. The second kappa shape index (κ2) is 9.49. The molecule has 0 aliphatic heterocycles. The monoisotopic (exact) mass is 255 g/mol. The first-order valence-electron chi connectivity index (χ1n) is 6.47. The third kappa shape index (κ3) is 6.09. The highest BCUT2D eigenvalue weighted by molar-refractivity contribution is 5.85. The summed E-state index contributed by atoms with van der Waals surface area (Å²) < 4.78 is 0. The number of unbranched alkanes of at least 4 members (excludes halogenated alkanes) is 3. The van der Waals surface area contributed by atoms with Gasteiger partial charge in [0, 0.05) is 6.04 Å². The average molecular weight is 256 g/mol. The van der Waals surface area contributed by atoms with Crippen LogP contribution in [0.3, 0.4) is 0 Å². The fourth-order valence-electron chi connectivity index (χ4n) is 2.16. The minimum absolute atomic E-state index is 0. The zero-order chi connectivity index (χ0) is 11.8. The first-order chi connectivity index (χ1) is 7.75. The fraction of sp³-hybridized carbons (Fsp3) is 0.600. The SMILES string of the molecule is CCCCCCC(c1ccccc1)N(C)C.Cl. The number of halogens is 1. The van der Waals surface area contributed by atoms with Crippen molar-refractivity contribution in [3.05, 3.63) is 35.9 Å². The summed E-state index contributed by atoms with van der Waals surface area (Å²) in [5, 5.41) is 0. The minimum Gasteiger partial charge on any atom is -0.302 e. The van der Waals surface area contributed by atoms with Crippen LogP contribution in [0.5, 0.6) is 0 Å². The second-order valence-corrected chi connectivity index (χ2v) is 4.74. The van der Waals surface area contributed by atoms with Crippen molar-refractivity contribution in [2.45, 2.75) is 45.1 Å². The molecule has 0 aromatic heterocycles. The van der Waals surface area contributed by atoms with Crippen LogP contribution >= 0.6 is 12.4 Å². The topological polar surface area (TPSA) is 3.24 Å². The van der Waals surface area contributed by atoms with E-state index in [-0.39, 0.29) is 12.4 Å². The van der Waals surface area contributed by atoms with Crippen LogP contribution in [-0.4, -0.2) is 19.0 Å². The van der Waals surface area contributed by atoms with Gasteiger partial charge in [-0.2, -0.15) is 0 Å². The molecule has 0 bridgehead atoms. The fourth-order valence-corrected chi connectivity index (χ4v) is 2.16. The standard InChI is InChI=1S/C15H25N.ClH/c1-4-5-6-10-13-15(16(2)3)14-11-8-7-9-12-14;/h7-9,11-12,15H,4-6,10,13H2,1-3H3;1H. The summed E-state index contributed by atoms with van der Waals surface area (Å²) in [6, 6.07) is 11.4. The molecule has 0 N–H and O–H groups in total. The Kier molecular flexibility index (Phi) is 9.20. The highest BCUT2D eigenvalue weighted by Crippen LogP contribution is 2.24. The number of nitrogens with zero attached hydrogens (tertiary/aromatic N) is 1. The molecule has 0 aliphatic rings. The number of rotatable bonds is 7. The zero-order valence-corrected chi connectivity index (χ0v) is 12.2. The van der Waals surface area contributed by atoms with E-state index in [1.165, 1.54) is 37.7 Å². The van der Waals surface area contributed by atoms with E-state index in [0.29, 0.717) is 6.04 Å². The lowest BCUT2D eigenvalue weighted by Gasteiger charge is -2.24. The minimum atomic E-state index is 0. The van der Waals surface area contributed by atoms with E-state index < -0.39 is 0 Å². The molecule has 0 saturated carbocycles. The molecule has 0 radical (unpaired) electrons. The molecule has 0 amide bonds. The van der Waals surface area contributed by atoms with E-state index in [1.807, 2.05) is 0 Å². The highest BCUT2D eigenvalue weighted by Gasteiger charge is 2.12. The lowest BCUT2D eigenvalue weighted by Crippen LogP contribution is -2.19. The van der Waals surface area contributed by atoms with E-state index in [9.17, 15) is 0 Å². The summed E-state index contributed by atoms with van der Waals surface area (Å²) >= 11 is 0. The van der Waals surface area contributed by atoms with Crippen LogP contribution in [0.1, 0.15) is 50.6 Å². The van der Waals surface area contributed by atoms with Crippen molar-refractivity contribution < 1.29 is 0 Å². The third-order valence-electron chi connectivity index (χ3n) is 3.14. The van der Waals surface area contributed by atoms with Gasteiger partial charge >= 0.3 is 0 Å².